The minimum absolute atomic E-state index is 0.365. The van der Waals surface area contributed by atoms with Gasteiger partial charge in [0.1, 0.15) is 0 Å². The number of rotatable bonds is 6. The lowest BCUT2D eigenvalue weighted by atomic mass is 10.1. The minimum Gasteiger partial charge on any atom is -0.310 e. The molecule has 2 aromatic rings. The van der Waals surface area contributed by atoms with Gasteiger partial charge in [-0.15, -0.1) is 0 Å². The fourth-order valence-corrected chi connectivity index (χ4v) is 3.89. The molecule has 112 valence electrons. The Morgan fingerprint density at radius 2 is 1.90 bits per heavy atom. The van der Waals surface area contributed by atoms with Crippen LogP contribution in [-0.4, -0.2) is 6.54 Å². The van der Waals surface area contributed by atoms with E-state index in [1.165, 1.54) is 20.9 Å². The highest BCUT2D eigenvalue weighted by molar-refractivity contribution is 9.10. The van der Waals surface area contributed by atoms with Crippen LogP contribution in [-0.2, 0) is 0 Å². The number of hydrogen-bond donors (Lipinski definition) is 1. The molecule has 1 atom stereocenters. The maximum absolute atomic E-state index is 3.60. The fourth-order valence-electron chi connectivity index (χ4n) is 2.21. The summed E-state index contributed by atoms with van der Waals surface area (Å²) < 4.78 is 1.13. The van der Waals surface area contributed by atoms with E-state index in [2.05, 4.69) is 84.5 Å². The van der Waals surface area contributed by atoms with Gasteiger partial charge in [-0.2, -0.15) is 0 Å². The topological polar surface area (TPSA) is 12.0 Å². The van der Waals surface area contributed by atoms with Gasteiger partial charge in [0.05, 0.1) is 0 Å². The van der Waals surface area contributed by atoms with Gasteiger partial charge in [-0.25, -0.2) is 0 Å². The van der Waals surface area contributed by atoms with Gasteiger partial charge in [0.25, 0.3) is 0 Å². The predicted octanol–water partition coefficient (Wildman–Crippen LogP) is 5.97. The molecule has 1 nitrogen and oxygen atoms in total. The molecule has 0 saturated heterocycles. The summed E-state index contributed by atoms with van der Waals surface area (Å²) in [5.74, 6) is 0. The summed E-state index contributed by atoms with van der Waals surface area (Å²) in [6, 6.07) is 15.5. The molecule has 0 aliphatic heterocycles. The molecule has 21 heavy (non-hydrogen) atoms. The average molecular weight is 364 g/mol. The van der Waals surface area contributed by atoms with E-state index < -0.39 is 0 Å². The highest BCUT2D eigenvalue weighted by Crippen LogP contribution is 2.36. The van der Waals surface area contributed by atoms with Crippen LogP contribution in [0.25, 0.3) is 0 Å². The second-order valence-corrected chi connectivity index (χ2v) is 7.22. The first kappa shape index (κ1) is 16.6. The highest BCUT2D eigenvalue weighted by atomic mass is 79.9. The Morgan fingerprint density at radius 3 is 2.62 bits per heavy atom. The summed E-state index contributed by atoms with van der Waals surface area (Å²) in [4.78, 5) is 2.63. The maximum atomic E-state index is 3.60. The third kappa shape index (κ3) is 4.60. The number of hydrogen-bond acceptors (Lipinski definition) is 2. The lowest BCUT2D eigenvalue weighted by Gasteiger charge is -2.18. The van der Waals surface area contributed by atoms with Gasteiger partial charge in [-0.1, -0.05) is 58.9 Å². The number of benzene rings is 2. The van der Waals surface area contributed by atoms with Crippen molar-refractivity contribution < 1.29 is 0 Å². The van der Waals surface area contributed by atoms with Crippen LogP contribution in [0.1, 0.15) is 37.4 Å². The summed E-state index contributed by atoms with van der Waals surface area (Å²) in [5, 5.41) is 3.58. The lowest BCUT2D eigenvalue weighted by Crippen LogP contribution is -2.19. The molecule has 0 fully saturated rings. The quantitative estimate of drug-likeness (QED) is 0.678. The van der Waals surface area contributed by atoms with Crippen LogP contribution in [0.2, 0.25) is 0 Å². The summed E-state index contributed by atoms with van der Waals surface area (Å²) in [7, 11) is 0. The van der Waals surface area contributed by atoms with Crippen molar-refractivity contribution in [1.82, 2.24) is 5.32 Å². The van der Waals surface area contributed by atoms with E-state index in [0.29, 0.717) is 6.04 Å². The Morgan fingerprint density at radius 1 is 1.14 bits per heavy atom. The third-order valence-corrected chi connectivity index (χ3v) is 5.20. The van der Waals surface area contributed by atoms with Crippen molar-refractivity contribution in [2.24, 2.45) is 0 Å². The molecule has 3 heteroatoms. The molecule has 0 spiro atoms. The van der Waals surface area contributed by atoms with Gasteiger partial charge >= 0.3 is 0 Å². The van der Waals surface area contributed by atoms with Crippen molar-refractivity contribution in [3.05, 3.63) is 58.1 Å². The molecule has 0 radical (unpaired) electrons. The van der Waals surface area contributed by atoms with Crippen LogP contribution in [0.5, 0.6) is 0 Å². The van der Waals surface area contributed by atoms with E-state index >= 15 is 0 Å². The smallest absolute Gasteiger partial charge is 0.0303 e. The van der Waals surface area contributed by atoms with Crippen LogP contribution in [0.4, 0.5) is 0 Å². The second-order valence-electron chi connectivity index (χ2n) is 5.23. The van der Waals surface area contributed by atoms with E-state index in [-0.39, 0.29) is 0 Å². The largest absolute Gasteiger partial charge is 0.310 e. The van der Waals surface area contributed by atoms with Crippen LogP contribution in [0.15, 0.2) is 56.7 Å². The summed E-state index contributed by atoms with van der Waals surface area (Å²) in [6.45, 7) is 7.65. The Hall–Kier alpha value is -0.770. The van der Waals surface area contributed by atoms with Crippen molar-refractivity contribution in [3.63, 3.8) is 0 Å². The maximum Gasteiger partial charge on any atom is 0.0303 e. The molecule has 0 aliphatic rings. The van der Waals surface area contributed by atoms with E-state index in [4.69, 9.17) is 0 Å². The Balaban J connectivity index is 2.29. The van der Waals surface area contributed by atoms with Crippen LogP contribution in [0.3, 0.4) is 0 Å². The normalized spacial score (nSPS) is 12.4. The molecule has 0 saturated carbocycles. The first-order valence-corrected chi connectivity index (χ1v) is 8.99. The monoisotopic (exact) mass is 363 g/mol. The molecule has 0 aromatic heterocycles. The van der Waals surface area contributed by atoms with Gasteiger partial charge < -0.3 is 5.32 Å². The molecule has 1 N–H and O–H groups in total. The highest BCUT2D eigenvalue weighted by Gasteiger charge is 2.12. The van der Waals surface area contributed by atoms with Crippen molar-refractivity contribution in [1.29, 1.82) is 0 Å². The zero-order valence-corrected chi connectivity index (χ0v) is 15.2. The summed E-state index contributed by atoms with van der Waals surface area (Å²) >= 11 is 5.44. The minimum atomic E-state index is 0.365. The molecule has 0 heterocycles. The third-order valence-electron chi connectivity index (χ3n) is 3.46. The first-order valence-electron chi connectivity index (χ1n) is 7.38. The SMILES string of the molecule is CCCNC(C)c1ccc(Br)cc1Sc1ccccc1C. The Bertz CT molecular complexity index is 598. The van der Waals surface area contributed by atoms with Crippen molar-refractivity contribution in [3.8, 4) is 0 Å². The van der Waals surface area contributed by atoms with E-state index in [1.807, 2.05) is 11.8 Å². The van der Waals surface area contributed by atoms with Gasteiger partial charge in [-0.05, 0) is 56.1 Å². The van der Waals surface area contributed by atoms with Crippen LogP contribution in [0, 0.1) is 6.92 Å². The fraction of sp³-hybridized carbons (Fsp3) is 0.333. The lowest BCUT2D eigenvalue weighted by molar-refractivity contribution is 0.563. The van der Waals surface area contributed by atoms with Crippen molar-refractivity contribution in [2.45, 2.75) is 43.0 Å². The Kier molecular flexibility index (Phi) is 6.34. The molecule has 0 bridgehead atoms. The average Bonchev–Trinajstić information content (AvgIpc) is 2.47. The predicted molar refractivity (Wildman–Crippen MR) is 96.2 cm³/mol. The van der Waals surface area contributed by atoms with Gasteiger partial charge in [0.15, 0.2) is 0 Å². The molecular weight excluding hydrogens is 342 g/mol. The molecule has 1 unspecified atom stereocenters. The van der Waals surface area contributed by atoms with E-state index in [9.17, 15) is 0 Å². The van der Waals surface area contributed by atoms with Crippen molar-refractivity contribution in [2.75, 3.05) is 6.54 Å². The molecule has 0 amide bonds. The number of nitrogens with one attached hydrogen (secondary N) is 1. The number of halogens is 1. The molecule has 2 aromatic carbocycles. The summed E-state index contributed by atoms with van der Waals surface area (Å²) in [5.41, 5.74) is 2.68. The molecule has 0 aliphatic carbocycles. The van der Waals surface area contributed by atoms with Gasteiger partial charge in [0.2, 0.25) is 0 Å². The first-order chi connectivity index (χ1) is 10.1. The van der Waals surface area contributed by atoms with Crippen LogP contribution >= 0.6 is 27.7 Å². The van der Waals surface area contributed by atoms with E-state index in [1.54, 1.807) is 0 Å². The standard InChI is InChI=1S/C18H22BrNS/c1-4-11-20-14(3)16-10-9-15(19)12-18(16)21-17-8-6-5-7-13(17)2/h5-10,12,14,20H,4,11H2,1-3H3. The van der Waals surface area contributed by atoms with E-state index in [0.717, 1.165) is 17.4 Å². The molecular formula is C18H22BrNS. The Labute approximate surface area is 140 Å². The summed E-state index contributed by atoms with van der Waals surface area (Å²) in [6.07, 6.45) is 1.15. The number of aryl methyl sites for hydroxylation is 1. The van der Waals surface area contributed by atoms with Gasteiger partial charge in [0, 0.05) is 20.3 Å². The van der Waals surface area contributed by atoms with Crippen LogP contribution < -0.4 is 5.32 Å². The zero-order valence-electron chi connectivity index (χ0n) is 12.8. The zero-order chi connectivity index (χ0) is 15.2. The molecule has 2 rings (SSSR count). The van der Waals surface area contributed by atoms with Gasteiger partial charge in [-0.3, -0.25) is 0 Å². The second kappa shape index (κ2) is 8.02. The van der Waals surface area contributed by atoms with Crippen molar-refractivity contribution >= 4 is 27.7 Å².